The maximum Gasteiger partial charge on any atom is 0.356 e. The highest BCUT2D eigenvalue weighted by Gasteiger charge is 2.29. The number of carboxylic acid groups (broad SMARTS) is 1. The van der Waals surface area contributed by atoms with Gasteiger partial charge in [-0.2, -0.15) is 0 Å². The van der Waals surface area contributed by atoms with E-state index >= 15 is 0 Å². The Labute approximate surface area is 117 Å². The average Bonchev–Trinajstić information content (AvgIpc) is 2.78. The third-order valence-electron chi connectivity index (χ3n) is 3.46. The van der Waals surface area contributed by atoms with Crippen LogP contribution in [0.25, 0.3) is 0 Å². The van der Waals surface area contributed by atoms with Crippen LogP contribution in [0, 0.1) is 5.92 Å². The zero-order valence-corrected chi connectivity index (χ0v) is 11.6. The van der Waals surface area contributed by atoms with Crippen LogP contribution in [0.5, 0.6) is 0 Å². The summed E-state index contributed by atoms with van der Waals surface area (Å²) < 4.78 is 0. The van der Waals surface area contributed by atoms with Crippen LogP contribution >= 0.6 is 0 Å². The zero-order valence-electron chi connectivity index (χ0n) is 11.6. The minimum absolute atomic E-state index is 0.0737. The Balaban J connectivity index is 1.96. The Morgan fingerprint density at radius 2 is 2.25 bits per heavy atom. The molecule has 1 fully saturated rings. The second kappa shape index (κ2) is 5.85. The lowest BCUT2D eigenvalue weighted by molar-refractivity contribution is -0.127. The number of anilines is 1. The molecular formula is C13H18N4O3. The van der Waals surface area contributed by atoms with Gasteiger partial charge in [-0.05, 0) is 6.92 Å². The Hall–Kier alpha value is -2.18. The first-order valence-electron chi connectivity index (χ1n) is 6.55. The van der Waals surface area contributed by atoms with E-state index in [0.29, 0.717) is 18.8 Å². The molecule has 0 bridgehead atoms. The highest BCUT2D eigenvalue weighted by atomic mass is 16.4. The summed E-state index contributed by atoms with van der Waals surface area (Å²) in [6, 6.07) is 0. The molecule has 20 heavy (non-hydrogen) atoms. The lowest BCUT2D eigenvalue weighted by Crippen LogP contribution is -2.29. The maximum atomic E-state index is 11.7. The lowest BCUT2D eigenvalue weighted by atomic mass is 10.1. The molecule has 1 aliphatic heterocycles. The fraction of sp³-hybridized carbons (Fsp3) is 0.538. The first-order chi connectivity index (χ1) is 9.51. The maximum absolute atomic E-state index is 11.7. The Kier molecular flexibility index (Phi) is 4.16. The van der Waals surface area contributed by atoms with Gasteiger partial charge < -0.3 is 14.9 Å². The number of aromatic nitrogens is 2. The van der Waals surface area contributed by atoms with E-state index in [1.165, 1.54) is 12.4 Å². The number of carbonyl (C=O) groups excluding carboxylic acids is 1. The number of amides is 1. The van der Waals surface area contributed by atoms with Crippen molar-refractivity contribution >= 4 is 17.7 Å². The normalized spacial score (nSPS) is 18.4. The molecule has 0 aromatic carbocycles. The molecule has 1 atom stereocenters. The quantitative estimate of drug-likeness (QED) is 0.843. The van der Waals surface area contributed by atoms with Crippen LogP contribution in [0.2, 0.25) is 0 Å². The second-order valence-corrected chi connectivity index (χ2v) is 4.95. The van der Waals surface area contributed by atoms with Crippen molar-refractivity contribution < 1.29 is 14.7 Å². The van der Waals surface area contributed by atoms with E-state index in [0.717, 1.165) is 13.1 Å². The molecular weight excluding hydrogens is 260 g/mol. The molecule has 2 rings (SSSR count). The smallest absolute Gasteiger partial charge is 0.356 e. The molecule has 7 nitrogen and oxygen atoms in total. The molecule has 1 N–H and O–H groups in total. The van der Waals surface area contributed by atoms with E-state index in [2.05, 4.69) is 9.97 Å². The number of hydrogen-bond donors (Lipinski definition) is 1. The van der Waals surface area contributed by atoms with Gasteiger partial charge in [-0.25, -0.2) is 14.8 Å². The summed E-state index contributed by atoms with van der Waals surface area (Å²) in [5.74, 6) is -0.0179. The van der Waals surface area contributed by atoms with Crippen LogP contribution in [0.4, 0.5) is 5.82 Å². The van der Waals surface area contributed by atoms with E-state index in [4.69, 9.17) is 5.11 Å². The van der Waals surface area contributed by atoms with Crippen molar-refractivity contribution in [2.45, 2.75) is 13.3 Å². The van der Waals surface area contributed by atoms with Crippen LogP contribution in [0.1, 0.15) is 23.8 Å². The van der Waals surface area contributed by atoms with Gasteiger partial charge >= 0.3 is 5.97 Å². The van der Waals surface area contributed by atoms with Gasteiger partial charge in [0.25, 0.3) is 0 Å². The second-order valence-electron chi connectivity index (χ2n) is 4.95. The first-order valence-corrected chi connectivity index (χ1v) is 6.55. The number of aromatic carboxylic acids is 1. The van der Waals surface area contributed by atoms with E-state index in [1.807, 2.05) is 23.8 Å². The molecule has 1 aromatic heterocycles. The summed E-state index contributed by atoms with van der Waals surface area (Å²) in [4.78, 5) is 34.0. The van der Waals surface area contributed by atoms with Crippen molar-refractivity contribution in [1.29, 1.82) is 0 Å². The fourth-order valence-electron chi connectivity index (χ4n) is 2.39. The minimum atomic E-state index is -1.09. The summed E-state index contributed by atoms with van der Waals surface area (Å²) in [7, 11) is 1.86. The van der Waals surface area contributed by atoms with Crippen LogP contribution < -0.4 is 4.90 Å². The standard InChI is InChI=1S/C13H18N4O3/c1-3-17-8-9(4-12(17)18)7-16(2)11-6-14-10(5-15-11)13(19)20/h5-6,9H,3-4,7-8H2,1-2H3,(H,19,20). The molecule has 1 aliphatic rings. The monoisotopic (exact) mass is 278 g/mol. The van der Waals surface area contributed by atoms with E-state index in [1.54, 1.807) is 0 Å². The number of carboxylic acids is 1. The SMILES string of the molecule is CCN1CC(CN(C)c2cnc(C(=O)O)cn2)CC1=O. The number of likely N-dealkylation sites (tertiary alicyclic amines) is 1. The molecule has 0 spiro atoms. The number of carbonyl (C=O) groups is 2. The first kappa shape index (κ1) is 14.2. The fourth-order valence-corrected chi connectivity index (χ4v) is 2.39. The zero-order chi connectivity index (χ0) is 14.7. The Bertz CT molecular complexity index is 503. The third kappa shape index (κ3) is 3.04. The summed E-state index contributed by atoms with van der Waals surface area (Å²) >= 11 is 0. The predicted molar refractivity (Wildman–Crippen MR) is 72.6 cm³/mol. The van der Waals surface area contributed by atoms with Crippen molar-refractivity contribution in [3.05, 3.63) is 18.1 Å². The van der Waals surface area contributed by atoms with E-state index in [9.17, 15) is 9.59 Å². The number of nitrogens with zero attached hydrogens (tertiary/aromatic N) is 4. The van der Waals surface area contributed by atoms with Gasteiger partial charge in [0.15, 0.2) is 5.69 Å². The molecule has 1 amide bonds. The van der Waals surface area contributed by atoms with Crippen molar-refractivity contribution in [3.63, 3.8) is 0 Å². The van der Waals surface area contributed by atoms with Crippen molar-refractivity contribution in [2.75, 3.05) is 31.6 Å². The minimum Gasteiger partial charge on any atom is -0.476 e. The van der Waals surface area contributed by atoms with Crippen molar-refractivity contribution in [2.24, 2.45) is 5.92 Å². The molecule has 1 unspecified atom stereocenters. The van der Waals surface area contributed by atoms with Crippen LogP contribution in [-0.2, 0) is 4.79 Å². The van der Waals surface area contributed by atoms with Crippen LogP contribution in [0.3, 0.4) is 0 Å². The molecule has 2 heterocycles. The third-order valence-corrected chi connectivity index (χ3v) is 3.46. The van der Waals surface area contributed by atoms with Gasteiger partial charge in [0.2, 0.25) is 5.91 Å². The van der Waals surface area contributed by atoms with E-state index in [-0.39, 0.29) is 17.5 Å². The van der Waals surface area contributed by atoms with Gasteiger partial charge in [0, 0.05) is 39.0 Å². The van der Waals surface area contributed by atoms with Crippen molar-refractivity contribution in [1.82, 2.24) is 14.9 Å². The predicted octanol–water partition coefficient (Wildman–Crippen LogP) is 0.479. The Morgan fingerprint density at radius 1 is 1.50 bits per heavy atom. The lowest BCUT2D eigenvalue weighted by Gasteiger charge is -2.21. The molecule has 1 saturated heterocycles. The highest BCUT2D eigenvalue weighted by molar-refractivity contribution is 5.84. The molecule has 0 saturated carbocycles. The van der Waals surface area contributed by atoms with Gasteiger partial charge in [0.1, 0.15) is 5.82 Å². The summed E-state index contributed by atoms with van der Waals surface area (Å²) in [5.41, 5.74) is -0.0737. The number of rotatable bonds is 5. The van der Waals surface area contributed by atoms with Crippen LogP contribution in [-0.4, -0.2) is 58.5 Å². The van der Waals surface area contributed by atoms with Gasteiger partial charge in [-0.15, -0.1) is 0 Å². The number of hydrogen-bond acceptors (Lipinski definition) is 5. The van der Waals surface area contributed by atoms with Crippen molar-refractivity contribution in [3.8, 4) is 0 Å². The van der Waals surface area contributed by atoms with E-state index < -0.39 is 5.97 Å². The summed E-state index contributed by atoms with van der Waals surface area (Å²) in [5, 5.41) is 8.77. The topological polar surface area (TPSA) is 86.6 Å². The average molecular weight is 278 g/mol. The molecule has 0 radical (unpaired) electrons. The Morgan fingerprint density at radius 3 is 2.75 bits per heavy atom. The molecule has 108 valence electrons. The van der Waals surface area contributed by atoms with Gasteiger partial charge in [-0.1, -0.05) is 0 Å². The summed E-state index contributed by atoms with van der Waals surface area (Å²) in [6.45, 7) is 4.18. The highest BCUT2D eigenvalue weighted by Crippen LogP contribution is 2.20. The molecule has 1 aromatic rings. The largest absolute Gasteiger partial charge is 0.476 e. The van der Waals surface area contributed by atoms with Gasteiger partial charge in [0.05, 0.1) is 12.4 Å². The van der Waals surface area contributed by atoms with Crippen LogP contribution in [0.15, 0.2) is 12.4 Å². The molecule has 7 heteroatoms. The summed E-state index contributed by atoms with van der Waals surface area (Å²) in [6.07, 6.45) is 3.24. The molecule has 0 aliphatic carbocycles. The van der Waals surface area contributed by atoms with Gasteiger partial charge in [-0.3, -0.25) is 4.79 Å².